The van der Waals surface area contributed by atoms with Crippen LogP contribution in [0.2, 0.25) is 10.0 Å². The Balaban J connectivity index is 1.83. The highest BCUT2D eigenvalue weighted by Gasteiger charge is 2.16. The molecule has 3 aromatic heterocycles. The van der Waals surface area contributed by atoms with Gasteiger partial charge >= 0.3 is 0 Å². The summed E-state index contributed by atoms with van der Waals surface area (Å²) in [6.45, 7) is 0. The maximum Gasteiger partial charge on any atom is 0.176 e. The molecule has 1 aromatic carbocycles. The maximum atomic E-state index is 6.27. The first-order valence-corrected chi connectivity index (χ1v) is 8.38. The van der Waals surface area contributed by atoms with Crippen LogP contribution in [0.5, 0.6) is 0 Å². The molecule has 1 N–H and O–H groups in total. The van der Waals surface area contributed by atoms with Crippen molar-refractivity contribution in [3.63, 3.8) is 0 Å². The first kappa shape index (κ1) is 15.2. The van der Waals surface area contributed by atoms with Crippen molar-refractivity contribution in [1.82, 2.24) is 24.9 Å². The number of thiazole rings is 1. The number of aromatic nitrogens is 5. The third kappa shape index (κ3) is 2.77. The van der Waals surface area contributed by atoms with E-state index in [4.69, 9.17) is 23.2 Å². The first-order chi connectivity index (χ1) is 11.7. The Labute approximate surface area is 150 Å². The van der Waals surface area contributed by atoms with Crippen LogP contribution in [0, 0.1) is 0 Å². The molecule has 0 aliphatic carbocycles. The van der Waals surface area contributed by atoms with Crippen LogP contribution in [-0.4, -0.2) is 24.9 Å². The van der Waals surface area contributed by atoms with Gasteiger partial charge in [0.05, 0.1) is 10.0 Å². The van der Waals surface area contributed by atoms with Gasteiger partial charge < -0.3 is 5.32 Å². The molecule has 0 unspecified atom stereocenters. The number of benzene rings is 1. The molecule has 0 spiro atoms. The van der Waals surface area contributed by atoms with Crippen LogP contribution in [0.25, 0.3) is 20.9 Å². The Kier molecular flexibility index (Phi) is 3.97. The van der Waals surface area contributed by atoms with Crippen LogP contribution in [0.15, 0.2) is 43.1 Å². The molecule has 0 atom stereocenters. The second-order valence-corrected chi connectivity index (χ2v) is 6.52. The van der Waals surface area contributed by atoms with Crippen LogP contribution in [0.3, 0.4) is 0 Å². The Morgan fingerprint density at radius 2 is 1.79 bits per heavy atom. The molecule has 9 heteroatoms. The zero-order valence-electron chi connectivity index (χ0n) is 11.9. The lowest BCUT2D eigenvalue weighted by molar-refractivity contribution is 1.15. The van der Waals surface area contributed by atoms with Crippen molar-refractivity contribution in [3.8, 4) is 10.6 Å². The van der Waals surface area contributed by atoms with E-state index in [0.717, 1.165) is 4.70 Å². The first-order valence-electron chi connectivity index (χ1n) is 6.81. The Morgan fingerprint density at radius 3 is 2.54 bits per heavy atom. The lowest BCUT2D eigenvalue weighted by Crippen LogP contribution is -1.96. The topological polar surface area (TPSA) is 76.5 Å². The van der Waals surface area contributed by atoms with Crippen molar-refractivity contribution >= 4 is 56.5 Å². The van der Waals surface area contributed by atoms with Crippen LogP contribution >= 0.6 is 34.5 Å². The monoisotopic (exact) mass is 374 g/mol. The molecule has 0 saturated carbocycles. The number of hydrogen-bond acceptors (Lipinski definition) is 7. The third-order valence-corrected chi connectivity index (χ3v) is 4.90. The summed E-state index contributed by atoms with van der Waals surface area (Å²) >= 11 is 14.0. The van der Waals surface area contributed by atoms with E-state index in [2.05, 4.69) is 30.2 Å². The average molecular weight is 375 g/mol. The zero-order valence-corrected chi connectivity index (χ0v) is 14.3. The van der Waals surface area contributed by atoms with E-state index in [0.29, 0.717) is 37.9 Å². The van der Waals surface area contributed by atoms with Crippen molar-refractivity contribution in [3.05, 3.63) is 53.2 Å². The molecule has 3 heterocycles. The minimum Gasteiger partial charge on any atom is -0.323 e. The third-order valence-electron chi connectivity index (χ3n) is 3.20. The van der Waals surface area contributed by atoms with Gasteiger partial charge in [-0.1, -0.05) is 29.3 Å². The maximum absolute atomic E-state index is 6.27. The van der Waals surface area contributed by atoms with Crippen LogP contribution < -0.4 is 5.32 Å². The molecule has 0 bridgehead atoms. The summed E-state index contributed by atoms with van der Waals surface area (Å²) in [7, 11) is 0. The summed E-state index contributed by atoms with van der Waals surface area (Å²) in [5.74, 6) is 1.25. The summed E-state index contributed by atoms with van der Waals surface area (Å²) in [6, 6.07) is 7.10. The smallest absolute Gasteiger partial charge is 0.176 e. The molecule has 118 valence electrons. The molecular weight excluding hydrogens is 367 g/mol. The largest absolute Gasteiger partial charge is 0.323 e. The second-order valence-electron chi connectivity index (χ2n) is 4.71. The summed E-state index contributed by atoms with van der Waals surface area (Å²) in [5, 5.41) is 4.91. The van der Waals surface area contributed by atoms with E-state index in [1.54, 1.807) is 30.5 Å². The number of nitrogens with one attached hydrogen (secondary N) is 1. The molecule has 4 aromatic rings. The van der Waals surface area contributed by atoms with E-state index in [-0.39, 0.29) is 0 Å². The van der Waals surface area contributed by atoms with E-state index in [1.165, 1.54) is 24.0 Å². The molecule has 0 aliphatic rings. The average Bonchev–Trinajstić information content (AvgIpc) is 3.00. The van der Waals surface area contributed by atoms with E-state index >= 15 is 0 Å². The molecule has 24 heavy (non-hydrogen) atoms. The Morgan fingerprint density at radius 1 is 0.958 bits per heavy atom. The standard InChI is InChI=1S/C15H8Cl2N6S/c16-8-2-1-3-9(17)11(8)15-23-14-12(24-15)13(20-7-21-14)22-10-4-5-18-6-19-10/h1-7H,(H,18,19,20,21,22). The highest BCUT2D eigenvalue weighted by atomic mass is 35.5. The number of rotatable bonds is 3. The molecular formula is C15H8Cl2N6S. The highest BCUT2D eigenvalue weighted by Crippen LogP contribution is 2.40. The van der Waals surface area contributed by atoms with Gasteiger partial charge in [-0.3, -0.25) is 0 Å². The van der Waals surface area contributed by atoms with Gasteiger partial charge in [-0.05, 0) is 18.2 Å². The zero-order chi connectivity index (χ0) is 16.5. The summed E-state index contributed by atoms with van der Waals surface area (Å²) in [4.78, 5) is 21.0. The Bertz CT molecular complexity index is 1000. The molecule has 0 saturated heterocycles. The molecule has 0 fully saturated rings. The number of nitrogens with zero attached hydrogens (tertiary/aromatic N) is 5. The van der Waals surface area contributed by atoms with Gasteiger partial charge in [0, 0.05) is 11.8 Å². The fourth-order valence-corrected chi connectivity index (χ4v) is 3.86. The predicted molar refractivity (Wildman–Crippen MR) is 96.0 cm³/mol. The van der Waals surface area contributed by atoms with Crippen molar-refractivity contribution in [1.29, 1.82) is 0 Å². The van der Waals surface area contributed by atoms with Gasteiger partial charge in [0.15, 0.2) is 11.5 Å². The lowest BCUT2D eigenvalue weighted by Gasteiger charge is -2.03. The van der Waals surface area contributed by atoms with E-state index in [1.807, 2.05) is 0 Å². The number of fused-ring (bicyclic) bond motifs is 1. The quantitative estimate of drug-likeness (QED) is 0.564. The van der Waals surface area contributed by atoms with Crippen LogP contribution in [0.1, 0.15) is 0 Å². The number of halogens is 2. The summed E-state index contributed by atoms with van der Waals surface area (Å²) < 4.78 is 0.794. The second kappa shape index (κ2) is 6.27. The highest BCUT2D eigenvalue weighted by molar-refractivity contribution is 7.22. The van der Waals surface area contributed by atoms with Crippen molar-refractivity contribution in [2.45, 2.75) is 0 Å². The SMILES string of the molecule is Clc1cccc(Cl)c1-c1nc2ncnc(Nc3ccncn3)c2s1. The van der Waals surface area contributed by atoms with Gasteiger partial charge in [-0.25, -0.2) is 24.9 Å². The van der Waals surface area contributed by atoms with E-state index < -0.39 is 0 Å². The van der Waals surface area contributed by atoms with Gasteiger partial charge in [0.2, 0.25) is 0 Å². The van der Waals surface area contributed by atoms with Gasteiger partial charge in [0.25, 0.3) is 0 Å². The minimum absolute atomic E-state index is 0.542. The molecule has 0 radical (unpaired) electrons. The fourth-order valence-electron chi connectivity index (χ4n) is 2.14. The molecule has 4 rings (SSSR count). The fraction of sp³-hybridized carbons (Fsp3) is 0. The van der Waals surface area contributed by atoms with Gasteiger partial charge in [0.1, 0.15) is 28.2 Å². The van der Waals surface area contributed by atoms with Crippen LogP contribution in [-0.2, 0) is 0 Å². The summed E-state index contributed by atoms with van der Waals surface area (Å²) in [6.07, 6.45) is 4.56. The number of hydrogen-bond donors (Lipinski definition) is 1. The summed E-state index contributed by atoms with van der Waals surface area (Å²) in [5.41, 5.74) is 1.26. The Hall–Kier alpha value is -2.35. The predicted octanol–water partition coefficient (Wildman–Crippen LogP) is 4.59. The van der Waals surface area contributed by atoms with Crippen LogP contribution in [0.4, 0.5) is 11.6 Å². The van der Waals surface area contributed by atoms with Crippen molar-refractivity contribution in [2.75, 3.05) is 5.32 Å². The molecule has 6 nitrogen and oxygen atoms in total. The normalized spacial score (nSPS) is 10.9. The molecule has 0 amide bonds. The van der Waals surface area contributed by atoms with Crippen molar-refractivity contribution < 1.29 is 0 Å². The van der Waals surface area contributed by atoms with Gasteiger partial charge in [-0.15, -0.1) is 11.3 Å². The van der Waals surface area contributed by atoms with Crippen molar-refractivity contribution in [2.24, 2.45) is 0 Å². The van der Waals surface area contributed by atoms with E-state index in [9.17, 15) is 0 Å². The molecule has 0 aliphatic heterocycles. The lowest BCUT2D eigenvalue weighted by atomic mass is 10.2. The number of anilines is 2. The van der Waals surface area contributed by atoms with Gasteiger partial charge in [-0.2, -0.15) is 0 Å². The minimum atomic E-state index is 0.542.